The van der Waals surface area contributed by atoms with Gasteiger partial charge in [0, 0.05) is 17.5 Å². The Kier molecular flexibility index (Phi) is 5.26. The van der Waals surface area contributed by atoms with Gasteiger partial charge in [0.1, 0.15) is 0 Å². The second kappa shape index (κ2) is 8.00. The molecule has 4 rings (SSSR count). The second-order valence-corrected chi connectivity index (χ2v) is 7.11. The molecule has 29 heavy (non-hydrogen) atoms. The molecule has 3 aromatic rings. The topological polar surface area (TPSA) is 73.5 Å². The van der Waals surface area contributed by atoms with Gasteiger partial charge in [-0.05, 0) is 41.1 Å². The molecule has 7 nitrogen and oxygen atoms in total. The van der Waals surface area contributed by atoms with E-state index < -0.39 is 0 Å². The summed E-state index contributed by atoms with van der Waals surface area (Å²) in [5, 5.41) is 10.1. The molecule has 1 aliphatic rings. The zero-order chi connectivity index (χ0) is 20.4. The molecule has 1 aromatic carbocycles. The van der Waals surface area contributed by atoms with Gasteiger partial charge in [-0.3, -0.25) is 4.79 Å². The van der Waals surface area contributed by atoms with Crippen LogP contribution in [0.3, 0.4) is 0 Å². The highest BCUT2D eigenvalue weighted by Gasteiger charge is 2.37. The van der Waals surface area contributed by atoms with E-state index in [9.17, 15) is 4.79 Å². The fourth-order valence-corrected chi connectivity index (χ4v) is 4.11. The van der Waals surface area contributed by atoms with Crippen LogP contribution in [-0.4, -0.2) is 38.0 Å². The lowest BCUT2D eigenvalue weighted by Crippen LogP contribution is -2.27. The number of nitrogens with zero attached hydrogens (tertiary/aromatic N) is 2. The summed E-state index contributed by atoms with van der Waals surface area (Å²) in [4.78, 5) is 13.1. The van der Waals surface area contributed by atoms with Crippen molar-refractivity contribution >= 4 is 23.0 Å². The van der Waals surface area contributed by atoms with Crippen LogP contribution in [0.25, 0.3) is 0 Å². The Morgan fingerprint density at radius 3 is 2.59 bits per heavy atom. The quantitative estimate of drug-likeness (QED) is 0.602. The molecule has 150 valence electrons. The molecule has 0 saturated carbocycles. The average molecular weight is 412 g/mol. The van der Waals surface area contributed by atoms with Crippen molar-refractivity contribution in [3.8, 4) is 17.2 Å². The third-order valence-electron chi connectivity index (χ3n) is 4.80. The molecular formula is C21H20N2O5S. The number of amides is 1. The first kappa shape index (κ1) is 19.1. The summed E-state index contributed by atoms with van der Waals surface area (Å²) in [5.74, 6) is 1.44. The molecule has 0 bridgehead atoms. The van der Waals surface area contributed by atoms with Crippen molar-refractivity contribution in [2.24, 2.45) is 5.10 Å². The summed E-state index contributed by atoms with van der Waals surface area (Å²) in [6, 6.07) is 8.60. The molecule has 0 spiro atoms. The molecule has 1 amide bonds. The smallest absolute Gasteiger partial charge is 0.310 e. The van der Waals surface area contributed by atoms with Crippen LogP contribution in [0.4, 0.5) is 0 Å². The van der Waals surface area contributed by atoms with Gasteiger partial charge in [-0.1, -0.05) is 0 Å². The summed E-state index contributed by atoms with van der Waals surface area (Å²) >= 11 is 1.59. The molecule has 3 heterocycles. The molecule has 2 aromatic heterocycles. The van der Waals surface area contributed by atoms with E-state index in [-0.39, 0.29) is 17.7 Å². The van der Waals surface area contributed by atoms with Crippen molar-refractivity contribution < 1.29 is 23.4 Å². The maximum absolute atomic E-state index is 13.1. The van der Waals surface area contributed by atoms with Gasteiger partial charge in [-0.2, -0.15) is 16.4 Å². The number of carbonyl (C=O) groups is 1. The van der Waals surface area contributed by atoms with Crippen molar-refractivity contribution in [3.63, 3.8) is 0 Å². The van der Waals surface area contributed by atoms with Crippen LogP contribution >= 0.6 is 11.3 Å². The number of furan rings is 1. The van der Waals surface area contributed by atoms with E-state index in [1.165, 1.54) is 11.3 Å². The summed E-state index contributed by atoms with van der Waals surface area (Å²) < 4.78 is 21.9. The molecule has 1 atom stereocenters. The van der Waals surface area contributed by atoms with Gasteiger partial charge in [0.15, 0.2) is 17.3 Å². The van der Waals surface area contributed by atoms with Crippen molar-refractivity contribution in [1.82, 2.24) is 5.01 Å². The summed E-state index contributed by atoms with van der Waals surface area (Å²) in [7, 11) is 4.68. The molecule has 8 heteroatoms. The third-order valence-corrected chi connectivity index (χ3v) is 5.48. The minimum atomic E-state index is -0.378. The van der Waals surface area contributed by atoms with Gasteiger partial charge in [-0.25, -0.2) is 5.01 Å². The van der Waals surface area contributed by atoms with Gasteiger partial charge < -0.3 is 18.6 Å². The van der Waals surface area contributed by atoms with Crippen molar-refractivity contribution in [3.05, 3.63) is 64.2 Å². The normalized spacial score (nSPS) is 15.9. The lowest BCUT2D eigenvalue weighted by Gasteiger charge is -2.24. The van der Waals surface area contributed by atoms with E-state index >= 15 is 0 Å². The zero-order valence-electron chi connectivity index (χ0n) is 16.2. The SMILES string of the molecule is COc1ccc([C@@H]2CC(c3ccsc3)=NN2C(=O)c2ccco2)c(OC)c1OC. The van der Waals surface area contributed by atoms with Crippen LogP contribution in [0, 0.1) is 0 Å². The van der Waals surface area contributed by atoms with E-state index in [1.54, 1.807) is 50.9 Å². The van der Waals surface area contributed by atoms with Crippen LogP contribution in [0.5, 0.6) is 17.2 Å². The Labute approximate surface area is 172 Å². The highest BCUT2D eigenvalue weighted by atomic mass is 32.1. The Hall–Kier alpha value is -3.26. The van der Waals surface area contributed by atoms with Gasteiger partial charge in [-0.15, -0.1) is 0 Å². The largest absolute Gasteiger partial charge is 0.493 e. The Bertz CT molecular complexity index is 1030. The van der Waals surface area contributed by atoms with Gasteiger partial charge in [0.05, 0.1) is 39.3 Å². The van der Waals surface area contributed by atoms with Crippen LogP contribution in [-0.2, 0) is 0 Å². The van der Waals surface area contributed by atoms with Crippen molar-refractivity contribution in [2.75, 3.05) is 21.3 Å². The molecular weight excluding hydrogens is 392 g/mol. The number of rotatable bonds is 6. The minimum Gasteiger partial charge on any atom is -0.493 e. The second-order valence-electron chi connectivity index (χ2n) is 6.33. The van der Waals surface area contributed by atoms with Crippen molar-refractivity contribution in [2.45, 2.75) is 12.5 Å². The van der Waals surface area contributed by atoms with Crippen LogP contribution in [0.2, 0.25) is 0 Å². The molecule has 0 fully saturated rings. The average Bonchev–Trinajstić information content (AvgIpc) is 3.52. The third kappa shape index (κ3) is 3.36. The summed E-state index contributed by atoms with van der Waals surface area (Å²) in [6.07, 6.45) is 2.01. The lowest BCUT2D eigenvalue weighted by molar-refractivity contribution is 0.0676. The highest BCUT2D eigenvalue weighted by Crippen LogP contribution is 2.46. The Balaban J connectivity index is 1.80. The summed E-state index contributed by atoms with van der Waals surface area (Å²) in [5.41, 5.74) is 2.60. The Morgan fingerprint density at radius 1 is 1.14 bits per heavy atom. The maximum atomic E-state index is 13.1. The zero-order valence-corrected chi connectivity index (χ0v) is 17.1. The highest BCUT2D eigenvalue weighted by molar-refractivity contribution is 7.08. The van der Waals surface area contributed by atoms with E-state index in [0.717, 1.165) is 16.8 Å². The molecule has 0 saturated heterocycles. The molecule has 1 aliphatic heterocycles. The number of methoxy groups -OCH3 is 3. The van der Waals surface area contributed by atoms with Gasteiger partial charge in [0.25, 0.3) is 0 Å². The monoisotopic (exact) mass is 412 g/mol. The molecule has 0 aliphatic carbocycles. The van der Waals surface area contributed by atoms with Gasteiger partial charge >= 0.3 is 5.91 Å². The first-order valence-electron chi connectivity index (χ1n) is 8.94. The van der Waals surface area contributed by atoms with Crippen molar-refractivity contribution in [1.29, 1.82) is 0 Å². The number of benzene rings is 1. The number of ether oxygens (including phenoxy) is 3. The minimum absolute atomic E-state index is 0.227. The molecule has 0 N–H and O–H groups in total. The van der Waals surface area contributed by atoms with Crippen LogP contribution in [0.15, 0.2) is 56.9 Å². The summed E-state index contributed by atoms with van der Waals surface area (Å²) in [6.45, 7) is 0. The van der Waals surface area contributed by atoms with E-state index in [2.05, 4.69) is 5.10 Å². The molecule has 0 radical (unpaired) electrons. The van der Waals surface area contributed by atoms with E-state index in [0.29, 0.717) is 23.7 Å². The predicted octanol–water partition coefficient (Wildman–Crippen LogP) is 4.36. The number of carbonyl (C=O) groups excluding carboxylic acids is 1. The standard InChI is InChI=1S/C21H20N2O5S/c1-25-17-7-6-14(19(26-2)20(17)27-3)16-11-15(13-8-10-29-12-13)22-23(16)21(24)18-5-4-9-28-18/h4-10,12,16H,11H2,1-3H3/t16-/m0/s1. The Morgan fingerprint density at radius 2 is 1.97 bits per heavy atom. The van der Waals surface area contributed by atoms with Gasteiger partial charge in [0.2, 0.25) is 5.75 Å². The first-order chi connectivity index (χ1) is 14.2. The number of hydrogen-bond acceptors (Lipinski definition) is 7. The maximum Gasteiger partial charge on any atom is 0.310 e. The van der Waals surface area contributed by atoms with E-state index in [4.69, 9.17) is 18.6 Å². The fraction of sp³-hybridized carbons (Fsp3) is 0.238. The van der Waals surface area contributed by atoms with E-state index in [1.807, 2.05) is 22.9 Å². The van der Waals surface area contributed by atoms with Crippen LogP contribution < -0.4 is 14.2 Å². The number of hydrogen-bond donors (Lipinski definition) is 0. The lowest BCUT2D eigenvalue weighted by atomic mass is 9.98. The number of thiophene rings is 1. The fourth-order valence-electron chi connectivity index (χ4n) is 3.44. The predicted molar refractivity (Wildman–Crippen MR) is 109 cm³/mol. The molecule has 0 unspecified atom stereocenters. The van der Waals surface area contributed by atoms with Crippen LogP contribution in [0.1, 0.15) is 34.1 Å². The first-order valence-corrected chi connectivity index (χ1v) is 9.88. The number of hydrazone groups is 1.